The second-order valence-corrected chi connectivity index (χ2v) is 21.7. The first kappa shape index (κ1) is 31.0. The molecule has 0 aliphatic carbocycles. The molecule has 1 saturated heterocycles. The average Bonchev–Trinajstić information content (AvgIpc) is 3.82. The van der Waals surface area contributed by atoms with Gasteiger partial charge in [-0.3, -0.25) is 0 Å². The van der Waals surface area contributed by atoms with Crippen LogP contribution in [0.2, 0.25) is 0 Å². The predicted octanol–water partition coefficient (Wildman–Crippen LogP) is 9.33. The van der Waals surface area contributed by atoms with Gasteiger partial charge in [0.2, 0.25) is 0 Å². The average molecular weight is 727 g/mol. The Kier molecular flexibility index (Phi) is 6.86. The zero-order chi connectivity index (χ0) is 35.7. The lowest BCUT2D eigenvalue weighted by atomic mass is 10.1. The number of hydrogen-bond donors (Lipinski definition) is 0. The normalized spacial score (nSPS) is 14.9. The maximum absolute atomic E-state index is 6.99. The van der Waals surface area contributed by atoms with E-state index in [1.807, 2.05) is 0 Å². The molecular formula is C48H34N2O2Si2. The van der Waals surface area contributed by atoms with Gasteiger partial charge in [-0.15, -0.1) is 0 Å². The van der Waals surface area contributed by atoms with Gasteiger partial charge in [0.15, 0.2) is 11.2 Å². The van der Waals surface area contributed by atoms with Crippen LogP contribution in [0, 0.1) is 0 Å². The molecule has 0 N–H and O–H groups in total. The molecule has 11 rings (SSSR count). The summed E-state index contributed by atoms with van der Waals surface area (Å²) in [6, 6.07) is 75.0. The summed E-state index contributed by atoms with van der Waals surface area (Å²) in [6.45, 7) is 0. The molecule has 54 heavy (non-hydrogen) atoms. The molecule has 1 aliphatic rings. The third-order valence-corrected chi connectivity index (χ3v) is 23.2. The van der Waals surface area contributed by atoms with Crippen molar-refractivity contribution in [2.75, 3.05) is 8.46 Å². The Bertz CT molecular complexity index is 2670. The van der Waals surface area contributed by atoms with Gasteiger partial charge < -0.3 is 17.3 Å². The molecule has 0 atom stereocenters. The van der Waals surface area contributed by atoms with Gasteiger partial charge in [0.25, 0.3) is 0 Å². The van der Waals surface area contributed by atoms with Crippen LogP contribution in [0.4, 0.5) is 11.4 Å². The van der Waals surface area contributed by atoms with Crippen LogP contribution < -0.4 is 29.2 Å². The number of nitrogens with zero attached hydrogens (tertiary/aromatic N) is 2. The highest BCUT2D eigenvalue weighted by Gasteiger charge is 2.75. The topological polar surface area (TPSA) is 32.8 Å². The molecule has 0 bridgehead atoms. The minimum atomic E-state index is -3.26. The van der Waals surface area contributed by atoms with E-state index in [0.29, 0.717) is 0 Å². The zero-order valence-corrected chi connectivity index (χ0v) is 31.3. The number of furan rings is 2. The van der Waals surface area contributed by atoms with E-state index in [1.165, 1.54) is 20.7 Å². The number of hydrogen-bond acceptors (Lipinski definition) is 4. The SMILES string of the molecule is c1ccc([Si]2(c3ccccc3)N(c3cccc4c3oc3ccccc34)[Si](c3ccccc3)(c3ccccc3)N2c2cccc3c2oc2ccccc23)cc1. The Balaban J connectivity index is 1.38. The lowest BCUT2D eigenvalue weighted by Crippen LogP contribution is -3.07. The largest absolute Gasteiger partial charge is 0.454 e. The lowest BCUT2D eigenvalue weighted by molar-refractivity contribution is 0.668. The van der Waals surface area contributed by atoms with Gasteiger partial charge in [-0.2, -0.15) is 0 Å². The van der Waals surface area contributed by atoms with Crippen molar-refractivity contribution >= 4 is 92.8 Å². The predicted molar refractivity (Wildman–Crippen MR) is 228 cm³/mol. The smallest absolute Gasteiger partial charge is 0.318 e. The summed E-state index contributed by atoms with van der Waals surface area (Å²) in [5, 5.41) is 9.62. The van der Waals surface area contributed by atoms with Crippen LogP contribution in [0.25, 0.3) is 43.9 Å². The van der Waals surface area contributed by atoms with E-state index >= 15 is 0 Å². The minimum absolute atomic E-state index is 0.891. The van der Waals surface area contributed by atoms with Crippen molar-refractivity contribution in [3.05, 3.63) is 206 Å². The highest BCUT2D eigenvalue weighted by molar-refractivity contribution is 7.38. The summed E-state index contributed by atoms with van der Waals surface area (Å²) in [5.74, 6) is 0. The van der Waals surface area contributed by atoms with Crippen molar-refractivity contribution in [2.24, 2.45) is 0 Å². The van der Waals surface area contributed by atoms with Crippen molar-refractivity contribution in [1.82, 2.24) is 0 Å². The maximum Gasteiger partial charge on any atom is 0.318 e. The monoisotopic (exact) mass is 726 g/mol. The van der Waals surface area contributed by atoms with Gasteiger partial charge >= 0.3 is 16.8 Å². The van der Waals surface area contributed by atoms with E-state index in [4.69, 9.17) is 8.83 Å². The van der Waals surface area contributed by atoms with Crippen molar-refractivity contribution in [3.8, 4) is 0 Å². The highest BCUT2D eigenvalue weighted by atomic mass is 28.5. The van der Waals surface area contributed by atoms with Gasteiger partial charge in [0.1, 0.15) is 11.2 Å². The van der Waals surface area contributed by atoms with Crippen LogP contribution in [0.5, 0.6) is 0 Å². The summed E-state index contributed by atoms with van der Waals surface area (Å²) >= 11 is 0. The first-order valence-corrected chi connectivity index (χ1v) is 22.2. The second kappa shape index (κ2) is 12.0. The molecule has 0 amide bonds. The first-order chi connectivity index (χ1) is 26.8. The Morgan fingerprint density at radius 1 is 0.278 bits per heavy atom. The van der Waals surface area contributed by atoms with Crippen LogP contribution in [0.1, 0.15) is 0 Å². The van der Waals surface area contributed by atoms with Crippen LogP contribution in [-0.4, -0.2) is 16.8 Å². The molecule has 0 radical (unpaired) electrons. The van der Waals surface area contributed by atoms with E-state index in [-0.39, 0.29) is 0 Å². The van der Waals surface area contributed by atoms with E-state index in [0.717, 1.165) is 55.3 Å². The fraction of sp³-hybridized carbons (Fsp3) is 0. The third kappa shape index (κ3) is 4.12. The fourth-order valence-corrected chi connectivity index (χ4v) is 24.4. The molecule has 0 saturated carbocycles. The Morgan fingerprint density at radius 2 is 0.574 bits per heavy atom. The van der Waals surface area contributed by atoms with Crippen molar-refractivity contribution in [3.63, 3.8) is 0 Å². The quantitative estimate of drug-likeness (QED) is 0.160. The molecule has 0 spiro atoms. The van der Waals surface area contributed by atoms with Gasteiger partial charge in [-0.05, 0) is 45.0 Å². The van der Waals surface area contributed by atoms with E-state index in [9.17, 15) is 0 Å². The number of para-hydroxylation sites is 4. The molecule has 1 aliphatic heterocycles. The summed E-state index contributed by atoms with van der Waals surface area (Å²) < 4.78 is 19.8. The van der Waals surface area contributed by atoms with Gasteiger partial charge in [0, 0.05) is 21.5 Å². The molecule has 6 heteroatoms. The maximum atomic E-state index is 6.99. The van der Waals surface area contributed by atoms with Crippen molar-refractivity contribution in [2.45, 2.75) is 0 Å². The molecule has 256 valence electrons. The van der Waals surface area contributed by atoms with Crippen molar-refractivity contribution in [1.29, 1.82) is 0 Å². The van der Waals surface area contributed by atoms with Crippen LogP contribution in [0.3, 0.4) is 0 Å². The first-order valence-electron chi connectivity index (χ1n) is 18.4. The van der Waals surface area contributed by atoms with Crippen LogP contribution in [-0.2, 0) is 0 Å². The molecular weight excluding hydrogens is 693 g/mol. The Morgan fingerprint density at radius 3 is 0.926 bits per heavy atom. The number of anilines is 2. The van der Waals surface area contributed by atoms with Gasteiger partial charge in [-0.1, -0.05) is 182 Å². The molecule has 0 unspecified atom stereocenters. The summed E-state index contributed by atoms with van der Waals surface area (Å²) in [5.41, 5.74) is 5.82. The molecule has 1 fully saturated rings. The summed E-state index contributed by atoms with van der Waals surface area (Å²) in [4.78, 5) is 0. The minimum Gasteiger partial charge on any atom is -0.454 e. The molecule has 8 aromatic carbocycles. The Labute approximate surface area is 315 Å². The molecule has 4 nitrogen and oxygen atoms in total. The standard InChI is InChI=1S/C48H34N2O2Si2/c1-5-19-35(20-6-1)53(36-21-7-2-8-22-36)49(43-31-17-29-41-39-27-13-15-33-45(39)51-47(41)43)54(37-23-9-3-10-24-37,38-25-11-4-12-26-38)50(53)44-32-18-30-42-40-28-14-16-34-46(40)52-48(42)44/h1-34H. The van der Waals surface area contributed by atoms with Crippen LogP contribution >= 0.6 is 0 Å². The van der Waals surface area contributed by atoms with E-state index < -0.39 is 16.8 Å². The number of fused-ring (bicyclic) bond motifs is 6. The Hall–Kier alpha value is -6.61. The molecule has 2 aromatic heterocycles. The van der Waals surface area contributed by atoms with E-state index in [2.05, 4.69) is 215 Å². The lowest BCUT2D eigenvalue weighted by Gasteiger charge is -2.72. The third-order valence-electron chi connectivity index (χ3n) is 11.2. The fourth-order valence-electron chi connectivity index (χ4n) is 9.19. The van der Waals surface area contributed by atoms with Gasteiger partial charge in [-0.25, -0.2) is 0 Å². The zero-order valence-electron chi connectivity index (χ0n) is 29.3. The van der Waals surface area contributed by atoms with E-state index in [1.54, 1.807) is 0 Å². The number of rotatable bonds is 6. The highest BCUT2D eigenvalue weighted by Crippen LogP contribution is 2.50. The summed E-state index contributed by atoms with van der Waals surface area (Å²) in [7, 11) is -6.52. The van der Waals surface area contributed by atoms with Crippen LogP contribution in [0.15, 0.2) is 215 Å². The number of benzene rings is 8. The molecule has 10 aromatic rings. The summed E-state index contributed by atoms with van der Waals surface area (Å²) in [6.07, 6.45) is 0. The molecule has 3 heterocycles. The second-order valence-electron chi connectivity index (χ2n) is 14.0. The van der Waals surface area contributed by atoms with Crippen molar-refractivity contribution < 1.29 is 8.83 Å². The van der Waals surface area contributed by atoms with Gasteiger partial charge in [0.05, 0.1) is 11.4 Å².